The molecule has 1 N–H and O–H groups in total. The molecule has 0 fully saturated rings. The molecule has 0 radical (unpaired) electrons. The molecular formula is C19H12F3N7O. The lowest BCUT2D eigenvalue weighted by molar-refractivity contribution is 0.116. The van der Waals surface area contributed by atoms with Crippen LogP contribution in [-0.4, -0.2) is 35.2 Å². The highest BCUT2D eigenvalue weighted by Crippen LogP contribution is 2.27. The van der Waals surface area contributed by atoms with E-state index in [0.29, 0.717) is 5.69 Å². The lowest BCUT2D eigenvalue weighted by Crippen LogP contribution is -2.05. The Bertz CT molecular complexity index is 1340. The van der Waals surface area contributed by atoms with Gasteiger partial charge in [0.25, 0.3) is 5.89 Å². The standard InChI is InChI=1S/C19H12F3N7O/c20-13-6-10(18-26-27-19(30-18)17(21)22)7-24-16(13)9-29-8-15(25-28-29)11-2-1-3-14-12(11)4-5-23-14/h1-8,17,23H,9H2. The van der Waals surface area contributed by atoms with Gasteiger partial charge in [-0.15, -0.1) is 15.3 Å². The number of halogens is 3. The van der Waals surface area contributed by atoms with Crippen molar-refractivity contribution in [2.45, 2.75) is 13.0 Å². The van der Waals surface area contributed by atoms with Gasteiger partial charge in [-0.25, -0.2) is 9.07 Å². The number of pyridine rings is 1. The second-order valence-electron chi connectivity index (χ2n) is 6.44. The average molecular weight is 411 g/mol. The zero-order valence-corrected chi connectivity index (χ0v) is 15.1. The third-order valence-corrected chi connectivity index (χ3v) is 4.51. The van der Waals surface area contributed by atoms with Gasteiger partial charge in [-0.1, -0.05) is 17.3 Å². The first-order chi connectivity index (χ1) is 14.6. The molecule has 5 rings (SSSR count). The lowest BCUT2D eigenvalue weighted by Gasteiger charge is -2.03. The Labute approximate surface area is 166 Å². The molecule has 11 heteroatoms. The summed E-state index contributed by atoms with van der Waals surface area (Å²) in [6.07, 6.45) is 1.91. The van der Waals surface area contributed by atoms with Crippen LogP contribution in [0.25, 0.3) is 33.6 Å². The highest BCUT2D eigenvalue weighted by atomic mass is 19.3. The molecule has 8 nitrogen and oxygen atoms in total. The van der Waals surface area contributed by atoms with E-state index in [0.717, 1.165) is 22.5 Å². The van der Waals surface area contributed by atoms with Gasteiger partial charge in [0, 0.05) is 28.9 Å². The van der Waals surface area contributed by atoms with Crippen LogP contribution in [0.2, 0.25) is 0 Å². The molecule has 4 heterocycles. The van der Waals surface area contributed by atoms with Crippen LogP contribution in [0.4, 0.5) is 13.2 Å². The smallest absolute Gasteiger partial charge is 0.314 e. The van der Waals surface area contributed by atoms with Crippen molar-refractivity contribution in [1.29, 1.82) is 0 Å². The maximum absolute atomic E-state index is 14.5. The van der Waals surface area contributed by atoms with E-state index in [1.54, 1.807) is 6.20 Å². The molecule has 150 valence electrons. The number of hydrogen-bond acceptors (Lipinski definition) is 6. The van der Waals surface area contributed by atoms with Crippen LogP contribution in [0.1, 0.15) is 18.0 Å². The van der Waals surface area contributed by atoms with Crippen molar-refractivity contribution >= 4 is 10.9 Å². The number of rotatable bonds is 5. The SMILES string of the molecule is Fc1cc(-c2nnc(C(F)F)o2)cnc1Cn1cc(-c2cccc3[nH]ccc23)nn1. The first-order valence-electron chi connectivity index (χ1n) is 8.81. The zero-order valence-electron chi connectivity index (χ0n) is 15.1. The number of nitrogens with zero attached hydrogens (tertiary/aromatic N) is 6. The van der Waals surface area contributed by atoms with Gasteiger partial charge in [0.2, 0.25) is 5.89 Å². The summed E-state index contributed by atoms with van der Waals surface area (Å²) in [6.45, 7) is 0.0361. The first-order valence-corrected chi connectivity index (χ1v) is 8.81. The molecule has 4 aromatic heterocycles. The zero-order chi connectivity index (χ0) is 20.7. The predicted octanol–water partition coefficient (Wildman–Crippen LogP) is 4.00. The fourth-order valence-electron chi connectivity index (χ4n) is 3.10. The summed E-state index contributed by atoms with van der Waals surface area (Å²) in [5.41, 5.74) is 2.72. The highest BCUT2D eigenvalue weighted by molar-refractivity contribution is 5.93. The summed E-state index contributed by atoms with van der Waals surface area (Å²) in [7, 11) is 0. The molecule has 0 aliphatic carbocycles. The summed E-state index contributed by atoms with van der Waals surface area (Å²) < 4.78 is 45.9. The maximum Gasteiger partial charge on any atom is 0.314 e. The molecule has 0 saturated carbocycles. The molecule has 0 bridgehead atoms. The van der Waals surface area contributed by atoms with E-state index < -0.39 is 18.1 Å². The van der Waals surface area contributed by atoms with Crippen molar-refractivity contribution in [3.8, 4) is 22.7 Å². The molecule has 30 heavy (non-hydrogen) atoms. The minimum absolute atomic E-state index is 0.0361. The van der Waals surface area contributed by atoms with Crippen molar-refractivity contribution in [3.05, 3.63) is 66.3 Å². The van der Waals surface area contributed by atoms with Gasteiger partial charge in [-0.05, 0) is 18.2 Å². The Hall–Kier alpha value is -4.02. The summed E-state index contributed by atoms with van der Waals surface area (Å²) in [5.74, 6) is -1.72. The number of aromatic amines is 1. The van der Waals surface area contributed by atoms with Gasteiger partial charge in [0.05, 0.1) is 24.0 Å². The number of aromatic nitrogens is 7. The highest BCUT2D eigenvalue weighted by Gasteiger charge is 2.18. The first kappa shape index (κ1) is 18.0. The van der Waals surface area contributed by atoms with Crippen molar-refractivity contribution in [2.75, 3.05) is 0 Å². The Kier molecular flexibility index (Phi) is 4.27. The summed E-state index contributed by atoms with van der Waals surface area (Å²) >= 11 is 0. The minimum atomic E-state index is -2.90. The summed E-state index contributed by atoms with van der Waals surface area (Å²) in [5, 5.41) is 15.9. The van der Waals surface area contributed by atoms with Crippen LogP contribution in [0.15, 0.2) is 53.3 Å². The molecule has 0 saturated heterocycles. The molecule has 1 aromatic carbocycles. The van der Waals surface area contributed by atoms with Crippen LogP contribution in [0.3, 0.4) is 0 Å². The number of nitrogens with one attached hydrogen (secondary N) is 1. The topological polar surface area (TPSA) is 98.3 Å². The molecule has 0 aliphatic rings. The molecule has 0 spiro atoms. The molecule has 0 amide bonds. The van der Waals surface area contributed by atoms with Gasteiger partial charge < -0.3 is 9.40 Å². The van der Waals surface area contributed by atoms with Gasteiger partial charge in [0.1, 0.15) is 11.5 Å². The van der Waals surface area contributed by atoms with Crippen LogP contribution < -0.4 is 0 Å². The van der Waals surface area contributed by atoms with Crippen molar-refractivity contribution in [1.82, 2.24) is 35.2 Å². The average Bonchev–Trinajstić information content (AvgIpc) is 3.49. The van der Waals surface area contributed by atoms with Crippen LogP contribution in [-0.2, 0) is 6.54 Å². The number of H-pyrrole nitrogens is 1. The fraction of sp³-hybridized carbons (Fsp3) is 0.105. The lowest BCUT2D eigenvalue weighted by atomic mass is 10.1. The normalized spacial score (nSPS) is 11.6. The Morgan fingerprint density at radius 2 is 2.03 bits per heavy atom. The molecule has 5 aromatic rings. The van der Waals surface area contributed by atoms with Crippen molar-refractivity contribution in [3.63, 3.8) is 0 Å². The van der Waals surface area contributed by atoms with Crippen LogP contribution in [0, 0.1) is 5.82 Å². The van der Waals surface area contributed by atoms with E-state index in [9.17, 15) is 13.2 Å². The van der Waals surface area contributed by atoms with E-state index in [2.05, 4.69) is 30.5 Å². The van der Waals surface area contributed by atoms with Crippen LogP contribution in [0.5, 0.6) is 0 Å². The van der Waals surface area contributed by atoms with Gasteiger partial charge >= 0.3 is 6.43 Å². The number of hydrogen-bond donors (Lipinski definition) is 1. The minimum Gasteiger partial charge on any atom is -0.415 e. The molecular weight excluding hydrogens is 399 g/mol. The van der Waals surface area contributed by atoms with Crippen molar-refractivity contribution in [2.24, 2.45) is 0 Å². The van der Waals surface area contributed by atoms with E-state index in [-0.39, 0.29) is 23.7 Å². The van der Waals surface area contributed by atoms with E-state index in [1.165, 1.54) is 10.9 Å². The van der Waals surface area contributed by atoms with Crippen LogP contribution >= 0.6 is 0 Å². The summed E-state index contributed by atoms with van der Waals surface area (Å²) in [6, 6.07) is 8.84. The summed E-state index contributed by atoms with van der Waals surface area (Å²) in [4.78, 5) is 7.18. The molecule has 0 unspecified atom stereocenters. The van der Waals surface area contributed by atoms with Gasteiger partial charge in [-0.3, -0.25) is 4.98 Å². The third-order valence-electron chi connectivity index (χ3n) is 4.51. The van der Waals surface area contributed by atoms with Gasteiger partial charge in [0.15, 0.2) is 0 Å². The Balaban J connectivity index is 1.39. The van der Waals surface area contributed by atoms with E-state index >= 15 is 0 Å². The van der Waals surface area contributed by atoms with E-state index in [1.807, 2.05) is 30.5 Å². The molecule has 0 aliphatic heterocycles. The van der Waals surface area contributed by atoms with Crippen molar-refractivity contribution < 1.29 is 17.6 Å². The van der Waals surface area contributed by atoms with Gasteiger partial charge in [-0.2, -0.15) is 8.78 Å². The van der Waals surface area contributed by atoms with E-state index in [4.69, 9.17) is 4.42 Å². The number of benzene rings is 1. The monoisotopic (exact) mass is 411 g/mol. The number of fused-ring (bicyclic) bond motifs is 1. The maximum atomic E-state index is 14.5. The predicted molar refractivity (Wildman–Crippen MR) is 98.9 cm³/mol. The number of alkyl halides is 2. The largest absolute Gasteiger partial charge is 0.415 e. The second kappa shape index (κ2) is 7.10. The Morgan fingerprint density at radius 1 is 1.13 bits per heavy atom. The second-order valence-corrected chi connectivity index (χ2v) is 6.44. The Morgan fingerprint density at radius 3 is 2.83 bits per heavy atom. The quantitative estimate of drug-likeness (QED) is 0.470. The molecule has 0 atom stereocenters. The third kappa shape index (κ3) is 3.19. The fourth-order valence-corrected chi connectivity index (χ4v) is 3.10.